The molecule has 3 aromatic carbocycles. The summed E-state index contributed by atoms with van der Waals surface area (Å²) in [6.07, 6.45) is 1.72. The smallest absolute Gasteiger partial charge is 0.234 e. The van der Waals surface area contributed by atoms with Crippen molar-refractivity contribution in [2.45, 2.75) is 11.8 Å². The number of rotatable bonds is 9. The number of hydrogen-bond acceptors (Lipinski definition) is 6. The van der Waals surface area contributed by atoms with Gasteiger partial charge >= 0.3 is 0 Å². The van der Waals surface area contributed by atoms with Crippen LogP contribution in [0.25, 0.3) is 0 Å². The highest BCUT2D eigenvalue weighted by molar-refractivity contribution is 9.10. The summed E-state index contributed by atoms with van der Waals surface area (Å²) >= 11 is 4.69. The van der Waals surface area contributed by atoms with E-state index in [0.29, 0.717) is 11.0 Å². The number of hydrogen-bond donors (Lipinski definition) is 1. The number of nitrogens with one attached hydrogen (secondary N) is 1. The van der Waals surface area contributed by atoms with E-state index in [-0.39, 0.29) is 18.3 Å². The minimum absolute atomic E-state index is 0.139. The van der Waals surface area contributed by atoms with Crippen molar-refractivity contribution in [1.29, 1.82) is 0 Å². The van der Waals surface area contributed by atoms with E-state index in [1.165, 1.54) is 11.8 Å². The van der Waals surface area contributed by atoms with Gasteiger partial charge in [-0.05, 0) is 42.0 Å². The Hall–Kier alpha value is -3.43. The molecule has 9 heteroatoms. The minimum atomic E-state index is -0.139. The van der Waals surface area contributed by atoms with E-state index >= 15 is 0 Å². The monoisotopic (exact) mass is 521 g/mol. The zero-order valence-electron chi connectivity index (χ0n) is 17.5. The summed E-state index contributed by atoms with van der Waals surface area (Å²) in [4.78, 5) is 12.4. The molecule has 7 nitrogen and oxygen atoms in total. The van der Waals surface area contributed by atoms with Crippen LogP contribution in [-0.4, -0.2) is 32.7 Å². The van der Waals surface area contributed by atoms with Crippen molar-refractivity contribution in [1.82, 2.24) is 14.9 Å². The van der Waals surface area contributed by atoms with Gasteiger partial charge in [0.1, 0.15) is 12.4 Å². The van der Waals surface area contributed by atoms with Gasteiger partial charge in [-0.1, -0.05) is 76.2 Å². The molecule has 1 aromatic heterocycles. The largest absolute Gasteiger partial charge is 0.486 e. The number of aromatic nitrogens is 3. The Bertz CT molecular complexity index is 1210. The predicted octanol–water partition coefficient (Wildman–Crippen LogP) is 5.23. The lowest BCUT2D eigenvalue weighted by molar-refractivity contribution is -0.113. The van der Waals surface area contributed by atoms with Crippen LogP contribution in [-0.2, 0) is 11.4 Å². The number of benzene rings is 3. The van der Waals surface area contributed by atoms with Gasteiger partial charge in [0.05, 0.1) is 12.0 Å². The zero-order chi connectivity index (χ0) is 22.9. The first-order valence-electron chi connectivity index (χ1n) is 10.1. The van der Waals surface area contributed by atoms with Gasteiger partial charge in [-0.3, -0.25) is 4.79 Å². The fraction of sp³-hybridized carbons (Fsp3) is 0.0833. The van der Waals surface area contributed by atoms with Gasteiger partial charge in [-0.2, -0.15) is 9.78 Å². The molecule has 0 bridgehead atoms. The van der Waals surface area contributed by atoms with E-state index in [9.17, 15) is 4.79 Å². The first-order valence-corrected chi connectivity index (χ1v) is 11.8. The zero-order valence-corrected chi connectivity index (χ0v) is 19.9. The number of amides is 1. The van der Waals surface area contributed by atoms with Crippen molar-refractivity contribution in [2.24, 2.45) is 5.10 Å². The Morgan fingerprint density at radius 1 is 1.00 bits per heavy atom. The molecule has 0 spiro atoms. The van der Waals surface area contributed by atoms with Crippen molar-refractivity contribution in [3.63, 3.8) is 0 Å². The summed E-state index contributed by atoms with van der Waals surface area (Å²) in [6, 6.07) is 26.6. The first-order chi connectivity index (χ1) is 16.2. The Balaban J connectivity index is 1.49. The number of carbonyl (C=O) groups is 1. The quantitative estimate of drug-likeness (QED) is 0.241. The van der Waals surface area contributed by atoms with Gasteiger partial charge in [0, 0.05) is 10.2 Å². The summed E-state index contributed by atoms with van der Waals surface area (Å²) in [6.45, 7) is 0.186. The van der Waals surface area contributed by atoms with Crippen LogP contribution in [0.15, 0.2) is 99.7 Å². The molecule has 1 amide bonds. The van der Waals surface area contributed by atoms with Crippen LogP contribution < -0.4 is 10.1 Å². The number of carbonyl (C=O) groups excluding carboxylic acids is 1. The van der Waals surface area contributed by atoms with Crippen LogP contribution in [0.2, 0.25) is 0 Å². The maximum Gasteiger partial charge on any atom is 0.234 e. The number of anilines is 1. The third-order valence-corrected chi connectivity index (χ3v) is 5.82. The number of para-hydroxylation sites is 2. The van der Waals surface area contributed by atoms with Crippen molar-refractivity contribution < 1.29 is 9.53 Å². The number of thioether (sulfide) groups is 1. The van der Waals surface area contributed by atoms with Gasteiger partial charge in [0.2, 0.25) is 11.1 Å². The second-order valence-corrected chi connectivity index (χ2v) is 8.67. The molecule has 0 radical (unpaired) electrons. The Morgan fingerprint density at radius 3 is 2.42 bits per heavy atom. The summed E-state index contributed by atoms with van der Waals surface area (Å²) in [5.41, 5.74) is 1.66. The molecule has 0 aliphatic rings. The molecule has 4 rings (SSSR count). The molecular formula is C24H20BrN5O2S. The van der Waals surface area contributed by atoms with Gasteiger partial charge in [-0.15, -0.1) is 10.2 Å². The van der Waals surface area contributed by atoms with E-state index < -0.39 is 0 Å². The average molecular weight is 522 g/mol. The lowest BCUT2D eigenvalue weighted by Crippen LogP contribution is -2.14. The fourth-order valence-electron chi connectivity index (χ4n) is 2.78. The van der Waals surface area contributed by atoms with E-state index in [0.717, 1.165) is 21.5 Å². The van der Waals surface area contributed by atoms with Crippen molar-refractivity contribution in [3.05, 3.63) is 101 Å². The molecule has 1 heterocycles. The molecule has 0 aliphatic carbocycles. The van der Waals surface area contributed by atoms with Crippen LogP contribution in [0.5, 0.6) is 5.75 Å². The second kappa shape index (κ2) is 11.4. The first kappa shape index (κ1) is 22.8. The highest BCUT2D eigenvalue weighted by Crippen LogP contribution is 2.19. The number of halogens is 1. The molecule has 0 saturated heterocycles. The summed E-state index contributed by atoms with van der Waals surface area (Å²) < 4.78 is 8.42. The topological polar surface area (TPSA) is 81.4 Å². The van der Waals surface area contributed by atoms with Crippen LogP contribution >= 0.6 is 27.7 Å². The molecule has 33 heavy (non-hydrogen) atoms. The molecule has 0 fully saturated rings. The van der Waals surface area contributed by atoms with Crippen LogP contribution in [0, 0.1) is 0 Å². The second-order valence-electron chi connectivity index (χ2n) is 6.81. The molecule has 0 saturated carbocycles. The molecular weight excluding hydrogens is 502 g/mol. The molecule has 0 aliphatic heterocycles. The normalized spacial score (nSPS) is 10.9. The van der Waals surface area contributed by atoms with Crippen molar-refractivity contribution >= 4 is 45.5 Å². The van der Waals surface area contributed by atoms with Crippen molar-refractivity contribution in [2.75, 3.05) is 11.1 Å². The maximum absolute atomic E-state index is 12.4. The Morgan fingerprint density at radius 2 is 1.70 bits per heavy atom. The molecule has 4 aromatic rings. The third-order valence-electron chi connectivity index (χ3n) is 4.37. The van der Waals surface area contributed by atoms with Gasteiger partial charge in [0.15, 0.2) is 5.82 Å². The van der Waals surface area contributed by atoms with Crippen LogP contribution in [0.3, 0.4) is 0 Å². The number of nitrogens with zero attached hydrogens (tertiary/aromatic N) is 4. The molecule has 0 unspecified atom stereocenters. The molecule has 0 atom stereocenters. The average Bonchev–Trinajstić information content (AvgIpc) is 3.24. The Labute approximate surface area is 204 Å². The SMILES string of the molecule is O=C(CSc1nnc(COc2ccccc2)n1N=Cc1ccc(Br)cc1)Nc1ccccc1. The predicted molar refractivity (Wildman–Crippen MR) is 134 cm³/mol. The highest BCUT2D eigenvalue weighted by atomic mass is 79.9. The molecule has 1 N–H and O–H groups in total. The lowest BCUT2D eigenvalue weighted by Gasteiger charge is -2.07. The van der Waals surface area contributed by atoms with Crippen LogP contribution in [0.4, 0.5) is 5.69 Å². The van der Waals surface area contributed by atoms with E-state index in [4.69, 9.17) is 4.74 Å². The van der Waals surface area contributed by atoms with Gasteiger partial charge < -0.3 is 10.1 Å². The summed E-state index contributed by atoms with van der Waals surface area (Å²) in [7, 11) is 0. The highest BCUT2D eigenvalue weighted by Gasteiger charge is 2.15. The summed E-state index contributed by atoms with van der Waals surface area (Å²) in [5, 5.41) is 16.4. The third kappa shape index (κ3) is 6.77. The molecule has 166 valence electrons. The number of ether oxygens (including phenoxy) is 1. The van der Waals surface area contributed by atoms with Gasteiger partial charge in [-0.25, -0.2) is 0 Å². The summed E-state index contributed by atoms with van der Waals surface area (Å²) in [5.74, 6) is 1.28. The van der Waals surface area contributed by atoms with E-state index in [1.54, 1.807) is 10.9 Å². The van der Waals surface area contributed by atoms with Crippen LogP contribution in [0.1, 0.15) is 11.4 Å². The Kier molecular flexibility index (Phi) is 7.89. The van der Waals surface area contributed by atoms with Gasteiger partial charge in [0.25, 0.3) is 0 Å². The minimum Gasteiger partial charge on any atom is -0.486 e. The fourth-order valence-corrected chi connectivity index (χ4v) is 3.75. The van der Waals surface area contributed by atoms with E-state index in [1.807, 2.05) is 84.9 Å². The standard InChI is InChI=1S/C24H20BrN5O2S/c25-19-13-11-18(12-14-19)15-26-30-22(16-32-21-9-5-2-6-10-21)28-29-24(30)33-17-23(31)27-20-7-3-1-4-8-20/h1-15H,16-17H2,(H,27,31). The van der Waals surface area contributed by atoms with Crippen molar-refractivity contribution in [3.8, 4) is 5.75 Å². The maximum atomic E-state index is 12.4. The lowest BCUT2D eigenvalue weighted by atomic mass is 10.2. The van der Waals surface area contributed by atoms with E-state index in [2.05, 4.69) is 36.5 Å².